The zero-order valence-corrected chi connectivity index (χ0v) is 19.1. The van der Waals surface area contributed by atoms with Crippen LogP contribution >= 0.6 is 11.3 Å². The van der Waals surface area contributed by atoms with Crippen LogP contribution in [0.3, 0.4) is 0 Å². The molecule has 6 rings (SSSR count). The van der Waals surface area contributed by atoms with Crippen molar-refractivity contribution < 1.29 is 9.18 Å². The molecule has 0 saturated carbocycles. The van der Waals surface area contributed by atoms with Crippen LogP contribution in [-0.4, -0.2) is 39.1 Å². The average Bonchev–Trinajstić information content (AvgIpc) is 3.54. The van der Waals surface area contributed by atoms with Crippen LogP contribution in [0.1, 0.15) is 35.4 Å². The number of H-pyrrole nitrogens is 1. The van der Waals surface area contributed by atoms with E-state index >= 15 is 0 Å². The van der Waals surface area contributed by atoms with E-state index in [2.05, 4.69) is 15.0 Å². The SMILES string of the molecule is [C-]#[N+]c1ccc(-c2cc(C(=O)N3C4CCC3CC(N)C4)sc2-c2ccc3cn[nH]c3c2)cc1F. The molecule has 2 aliphatic rings. The number of hydrogen-bond donors (Lipinski definition) is 2. The van der Waals surface area contributed by atoms with Gasteiger partial charge in [-0.2, -0.15) is 5.10 Å². The first-order valence-electron chi connectivity index (χ1n) is 11.3. The van der Waals surface area contributed by atoms with Crippen molar-refractivity contribution in [3.05, 3.63) is 70.8 Å². The maximum absolute atomic E-state index is 14.5. The van der Waals surface area contributed by atoms with Gasteiger partial charge in [-0.1, -0.05) is 24.3 Å². The Bertz CT molecular complexity index is 1450. The number of fused-ring (bicyclic) bond motifs is 3. The normalized spacial score (nSPS) is 21.7. The number of aromatic nitrogens is 2. The number of aromatic amines is 1. The predicted octanol–water partition coefficient (Wildman–Crippen LogP) is 5.74. The molecule has 2 aromatic heterocycles. The third-order valence-electron chi connectivity index (χ3n) is 7.03. The van der Waals surface area contributed by atoms with Crippen LogP contribution in [0.25, 0.3) is 37.3 Å². The Morgan fingerprint density at radius 3 is 2.65 bits per heavy atom. The minimum Gasteiger partial charge on any atom is -0.332 e. The molecule has 4 aromatic rings. The van der Waals surface area contributed by atoms with Gasteiger partial charge in [0.15, 0.2) is 0 Å². The summed E-state index contributed by atoms with van der Waals surface area (Å²) in [5, 5.41) is 8.09. The number of hydrogen-bond acceptors (Lipinski definition) is 4. The number of carbonyl (C=O) groups is 1. The number of nitrogens with one attached hydrogen (secondary N) is 1. The van der Waals surface area contributed by atoms with E-state index < -0.39 is 5.82 Å². The van der Waals surface area contributed by atoms with Crippen LogP contribution < -0.4 is 5.73 Å². The minimum absolute atomic E-state index is 0.0167. The molecule has 1 amide bonds. The number of nitrogens with two attached hydrogens (primary N) is 1. The van der Waals surface area contributed by atoms with E-state index in [1.165, 1.54) is 23.5 Å². The van der Waals surface area contributed by atoms with Gasteiger partial charge in [0.2, 0.25) is 5.69 Å². The van der Waals surface area contributed by atoms with Gasteiger partial charge < -0.3 is 10.6 Å². The minimum atomic E-state index is -0.565. The maximum Gasteiger partial charge on any atom is 0.264 e. The van der Waals surface area contributed by atoms with E-state index in [4.69, 9.17) is 12.3 Å². The molecule has 2 aliphatic heterocycles. The summed E-state index contributed by atoms with van der Waals surface area (Å²) in [6.45, 7) is 7.15. The molecule has 2 aromatic carbocycles. The first kappa shape index (κ1) is 21.0. The lowest BCUT2D eigenvalue weighted by Crippen LogP contribution is -2.49. The Labute approximate surface area is 200 Å². The van der Waals surface area contributed by atoms with Gasteiger partial charge in [-0.05, 0) is 55.0 Å². The molecular formula is C26H22FN5OS. The summed E-state index contributed by atoms with van der Waals surface area (Å²) in [6.07, 6.45) is 5.43. The number of piperidine rings is 1. The van der Waals surface area contributed by atoms with E-state index in [0.717, 1.165) is 52.6 Å². The van der Waals surface area contributed by atoms with Crippen LogP contribution in [0.4, 0.5) is 10.1 Å². The van der Waals surface area contributed by atoms with Crippen molar-refractivity contribution in [3.63, 3.8) is 0 Å². The molecule has 3 N–H and O–H groups in total. The molecule has 2 saturated heterocycles. The predicted molar refractivity (Wildman–Crippen MR) is 131 cm³/mol. The molecule has 4 heterocycles. The molecule has 34 heavy (non-hydrogen) atoms. The number of nitrogens with zero attached hydrogens (tertiary/aromatic N) is 3. The molecular weight excluding hydrogens is 449 g/mol. The topological polar surface area (TPSA) is 79.4 Å². The molecule has 8 heteroatoms. The Hall–Kier alpha value is -3.54. The monoisotopic (exact) mass is 471 g/mol. The smallest absolute Gasteiger partial charge is 0.264 e. The van der Waals surface area contributed by atoms with Crippen molar-refractivity contribution in [1.82, 2.24) is 15.1 Å². The highest BCUT2D eigenvalue weighted by molar-refractivity contribution is 7.18. The molecule has 170 valence electrons. The second-order valence-corrected chi connectivity index (χ2v) is 10.2. The molecule has 0 spiro atoms. The number of amides is 1. The number of halogens is 1. The summed E-state index contributed by atoms with van der Waals surface area (Å²) in [6, 6.07) is 13.0. The summed E-state index contributed by atoms with van der Waals surface area (Å²) in [5.74, 6) is -0.539. The lowest BCUT2D eigenvalue weighted by molar-refractivity contribution is 0.0580. The number of thiophene rings is 1. The van der Waals surface area contributed by atoms with Crippen molar-refractivity contribution in [3.8, 4) is 21.6 Å². The van der Waals surface area contributed by atoms with Crippen molar-refractivity contribution in [2.75, 3.05) is 0 Å². The highest BCUT2D eigenvalue weighted by Gasteiger charge is 2.43. The summed E-state index contributed by atoms with van der Waals surface area (Å²) < 4.78 is 14.5. The van der Waals surface area contributed by atoms with Crippen LogP contribution in [0.2, 0.25) is 0 Å². The van der Waals surface area contributed by atoms with Gasteiger partial charge >= 0.3 is 0 Å². The van der Waals surface area contributed by atoms with Gasteiger partial charge in [-0.3, -0.25) is 9.89 Å². The van der Waals surface area contributed by atoms with Crippen LogP contribution in [-0.2, 0) is 0 Å². The third kappa shape index (κ3) is 3.40. The maximum atomic E-state index is 14.5. The zero-order chi connectivity index (χ0) is 23.4. The van der Waals surface area contributed by atoms with Crippen molar-refractivity contribution in [2.24, 2.45) is 5.73 Å². The van der Waals surface area contributed by atoms with E-state index in [1.807, 2.05) is 29.2 Å². The Kier molecular flexibility index (Phi) is 4.97. The molecule has 2 fully saturated rings. The van der Waals surface area contributed by atoms with Crippen LogP contribution in [0, 0.1) is 12.4 Å². The first-order chi connectivity index (χ1) is 16.5. The fourth-order valence-electron chi connectivity index (χ4n) is 5.45. The third-order valence-corrected chi connectivity index (χ3v) is 8.20. The van der Waals surface area contributed by atoms with Gasteiger partial charge in [-0.25, -0.2) is 9.24 Å². The second kappa shape index (κ2) is 8.05. The Morgan fingerprint density at radius 2 is 1.91 bits per heavy atom. The molecule has 2 atom stereocenters. The zero-order valence-electron chi connectivity index (χ0n) is 18.3. The van der Waals surface area contributed by atoms with Crippen molar-refractivity contribution >= 4 is 33.8 Å². The highest BCUT2D eigenvalue weighted by Crippen LogP contribution is 2.43. The largest absolute Gasteiger partial charge is 0.332 e. The number of carbonyl (C=O) groups excluding carboxylic acids is 1. The lowest BCUT2D eigenvalue weighted by atomic mass is 9.97. The van der Waals surface area contributed by atoms with Crippen LogP contribution in [0.5, 0.6) is 0 Å². The second-order valence-electron chi connectivity index (χ2n) is 9.13. The molecule has 2 unspecified atom stereocenters. The van der Waals surface area contributed by atoms with Crippen LogP contribution in [0.15, 0.2) is 48.7 Å². The molecule has 6 nitrogen and oxygen atoms in total. The average molecular weight is 472 g/mol. The van der Waals surface area contributed by atoms with E-state index in [-0.39, 0.29) is 29.7 Å². The van der Waals surface area contributed by atoms with Gasteiger partial charge in [-0.15, -0.1) is 11.3 Å². The summed E-state index contributed by atoms with van der Waals surface area (Å²) in [4.78, 5) is 20.5. The highest BCUT2D eigenvalue weighted by atomic mass is 32.1. The molecule has 0 radical (unpaired) electrons. The number of rotatable bonds is 3. The van der Waals surface area contributed by atoms with Gasteiger partial charge in [0.05, 0.1) is 23.2 Å². The van der Waals surface area contributed by atoms with Crippen molar-refractivity contribution in [2.45, 2.75) is 43.8 Å². The van der Waals surface area contributed by atoms with Gasteiger partial charge in [0.25, 0.3) is 5.91 Å². The van der Waals surface area contributed by atoms with E-state index in [1.54, 1.807) is 12.3 Å². The van der Waals surface area contributed by atoms with Gasteiger partial charge in [0, 0.05) is 34.0 Å². The Balaban J connectivity index is 1.46. The van der Waals surface area contributed by atoms with Gasteiger partial charge in [0.1, 0.15) is 5.82 Å². The van der Waals surface area contributed by atoms with E-state index in [0.29, 0.717) is 10.4 Å². The molecule has 2 bridgehead atoms. The van der Waals surface area contributed by atoms with Crippen molar-refractivity contribution in [1.29, 1.82) is 0 Å². The lowest BCUT2D eigenvalue weighted by Gasteiger charge is -2.37. The summed E-state index contributed by atoms with van der Waals surface area (Å²) >= 11 is 1.43. The standard InChI is InChI=1S/C26H22FN5OS/c1-29-22-7-4-14(8-21(22)27)20-12-24(26(33)32-18-5-6-19(32)11-17(28)10-18)34-25(20)15-2-3-16-13-30-31-23(16)9-15/h2-4,7-9,12-13,17-19H,5-6,10-11,28H2,(H,30,31). The fourth-order valence-corrected chi connectivity index (χ4v) is 6.57. The molecule has 0 aliphatic carbocycles. The quantitative estimate of drug-likeness (QED) is 0.374. The summed E-state index contributed by atoms with van der Waals surface area (Å²) in [7, 11) is 0. The number of benzene rings is 2. The summed E-state index contributed by atoms with van der Waals surface area (Å²) in [5.41, 5.74) is 9.43. The first-order valence-corrected chi connectivity index (χ1v) is 12.2. The Morgan fingerprint density at radius 1 is 1.15 bits per heavy atom. The van der Waals surface area contributed by atoms with E-state index in [9.17, 15) is 9.18 Å². The fraction of sp³-hybridized carbons (Fsp3) is 0.269.